The molecule has 1 N–H and O–H groups in total. The van der Waals surface area contributed by atoms with Crippen molar-refractivity contribution in [3.63, 3.8) is 0 Å². The molecule has 0 atom stereocenters. The minimum absolute atomic E-state index is 0.141. The van der Waals surface area contributed by atoms with Crippen molar-refractivity contribution >= 4 is 10.0 Å². The van der Waals surface area contributed by atoms with Crippen LogP contribution < -0.4 is 5.32 Å². The largest absolute Gasteiger partial charge is 0.383 e. The van der Waals surface area contributed by atoms with Gasteiger partial charge in [-0.3, -0.25) is 0 Å². The Kier molecular flexibility index (Phi) is 5.43. The molecule has 1 fully saturated rings. The molecular formula is C14H25N3O3S. The lowest BCUT2D eigenvalue weighted by molar-refractivity contribution is 0.177. The van der Waals surface area contributed by atoms with Crippen LogP contribution in [0.25, 0.3) is 0 Å². The molecule has 1 aliphatic rings. The number of hydrogen-bond donors (Lipinski definition) is 1. The number of methoxy groups -OCH3 is 1. The number of aromatic nitrogens is 1. The topological polar surface area (TPSA) is 63.6 Å². The van der Waals surface area contributed by atoms with Gasteiger partial charge < -0.3 is 14.6 Å². The molecule has 0 radical (unpaired) electrons. The van der Waals surface area contributed by atoms with E-state index in [0.717, 1.165) is 25.1 Å². The molecule has 0 amide bonds. The number of sulfonamides is 1. The molecule has 0 aromatic carbocycles. The van der Waals surface area contributed by atoms with Crippen molar-refractivity contribution in [3.8, 4) is 0 Å². The number of nitrogens with one attached hydrogen (secondary N) is 1. The van der Waals surface area contributed by atoms with Crippen LogP contribution in [0.3, 0.4) is 0 Å². The Morgan fingerprint density at radius 2 is 2.19 bits per heavy atom. The van der Waals surface area contributed by atoms with Crippen molar-refractivity contribution < 1.29 is 13.2 Å². The van der Waals surface area contributed by atoms with Gasteiger partial charge in [-0.15, -0.1) is 0 Å². The predicted octanol–water partition coefficient (Wildman–Crippen LogP) is 0.934. The van der Waals surface area contributed by atoms with E-state index in [4.69, 9.17) is 4.74 Å². The molecule has 1 saturated carbocycles. The highest BCUT2D eigenvalue weighted by molar-refractivity contribution is 7.89. The first-order chi connectivity index (χ1) is 10.0. The van der Waals surface area contributed by atoms with Gasteiger partial charge in [0.05, 0.1) is 6.61 Å². The lowest BCUT2D eigenvalue weighted by Crippen LogP contribution is -2.35. The second-order valence-electron chi connectivity index (χ2n) is 5.40. The maximum atomic E-state index is 12.8. The lowest BCUT2D eigenvalue weighted by atomic mass is 10.4. The minimum Gasteiger partial charge on any atom is -0.383 e. The molecule has 0 spiro atoms. The summed E-state index contributed by atoms with van der Waals surface area (Å²) in [6.45, 7) is 4.40. The van der Waals surface area contributed by atoms with E-state index >= 15 is 0 Å². The summed E-state index contributed by atoms with van der Waals surface area (Å²) in [4.78, 5) is 0.376. The predicted molar refractivity (Wildman–Crippen MR) is 81.6 cm³/mol. The molecule has 1 aliphatic carbocycles. The van der Waals surface area contributed by atoms with Crippen LogP contribution in [0.2, 0.25) is 0 Å². The summed E-state index contributed by atoms with van der Waals surface area (Å²) in [6.07, 6.45) is 3.59. The smallest absolute Gasteiger partial charge is 0.244 e. The van der Waals surface area contributed by atoms with Gasteiger partial charge in [0.15, 0.2) is 0 Å². The zero-order valence-electron chi connectivity index (χ0n) is 13.0. The molecule has 7 heteroatoms. The second kappa shape index (κ2) is 6.91. The first-order valence-corrected chi connectivity index (χ1v) is 8.81. The number of hydrogen-bond acceptors (Lipinski definition) is 4. The Morgan fingerprint density at radius 1 is 1.48 bits per heavy atom. The van der Waals surface area contributed by atoms with Crippen LogP contribution in [-0.4, -0.2) is 50.1 Å². The third kappa shape index (κ3) is 3.85. The van der Waals surface area contributed by atoms with Crippen molar-refractivity contribution in [1.29, 1.82) is 0 Å². The summed E-state index contributed by atoms with van der Waals surface area (Å²) in [7, 11) is 0.0372. The zero-order valence-corrected chi connectivity index (χ0v) is 13.8. The van der Waals surface area contributed by atoms with Gasteiger partial charge in [-0.25, -0.2) is 8.42 Å². The molecule has 6 nitrogen and oxygen atoms in total. The first-order valence-electron chi connectivity index (χ1n) is 7.37. The molecule has 0 saturated heterocycles. The van der Waals surface area contributed by atoms with Crippen molar-refractivity contribution in [1.82, 2.24) is 14.2 Å². The van der Waals surface area contributed by atoms with Gasteiger partial charge in [0.25, 0.3) is 0 Å². The van der Waals surface area contributed by atoms with E-state index in [1.165, 1.54) is 0 Å². The molecule has 0 bridgehead atoms. The van der Waals surface area contributed by atoms with E-state index in [9.17, 15) is 8.42 Å². The van der Waals surface area contributed by atoms with E-state index in [0.29, 0.717) is 24.6 Å². The minimum atomic E-state index is -3.43. The van der Waals surface area contributed by atoms with Crippen LogP contribution in [-0.2, 0) is 28.4 Å². The van der Waals surface area contributed by atoms with Gasteiger partial charge in [-0.1, -0.05) is 6.92 Å². The second-order valence-corrected chi connectivity index (χ2v) is 7.29. The molecule has 1 aromatic rings. The SMILES string of the molecule is CCNCc1cc(S(=O)(=O)N(CCOC)C2CC2)cn1C. The van der Waals surface area contributed by atoms with Gasteiger partial charge >= 0.3 is 0 Å². The summed E-state index contributed by atoms with van der Waals surface area (Å²) in [5, 5.41) is 3.22. The Hall–Kier alpha value is -0.890. The fourth-order valence-corrected chi connectivity index (χ4v) is 4.09. The third-order valence-corrected chi connectivity index (χ3v) is 5.63. The number of ether oxygens (including phenoxy) is 1. The molecule has 2 rings (SSSR count). The monoisotopic (exact) mass is 315 g/mol. The Bertz CT molecular complexity index is 564. The number of rotatable bonds is 9. The Balaban J connectivity index is 2.20. The molecular weight excluding hydrogens is 290 g/mol. The fraction of sp³-hybridized carbons (Fsp3) is 0.714. The normalized spacial score (nSPS) is 15.8. The van der Waals surface area contributed by atoms with Gasteiger partial charge in [-0.2, -0.15) is 4.31 Å². The third-order valence-electron chi connectivity index (χ3n) is 3.72. The van der Waals surface area contributed by atoms with Crippen molar-refractivity contribution in [2.45, 2.75) is 37.2 Å². The number of nitrogens with zero attached hydrogens (tertiary/aromatic N) is 2. The van der Waals surface area contributed by atoms with Crippen LogP contribution in [0.4, 0.5) is 0 Å². The Labute approximate surface area is 127 Å². The average molecular weight is 315 g/mol. The van der Waals surface area contributed by atoms with Crippen LogP contribution in [0.15, 0.2) is 17.2 Å². The summed E-state index contributed by atoms with van der Waals surface area (Å²) < 4.78 is 34.1. The zero-order chi connectivity index (χ0) is 15.5. The molecule has 120 valence electrons. The van der Waals surface area contributed by atoms with Gasteiger partial charge in [0, 0.05) is 45.2 Å². The quantitative estimate of drug-likeness (QED) is 0.736. The standard InChI is InChI=1S/C14H25N3O3S/c1-4-15-10-13-9-14(11-16(13)2)21(18,19)17(7-8-20-3)12-5-6-12/h9,11-12,15H,4-8,10H2,1-3H3. The molecule has 1 aromatic heterocycles. The summed E-state index contributed by atoms with van der Waals surface area (Å²) >= 11 is 0. The van der Waals surface area contributed by atoms with Gasteiger partial charge in [-0.05, 0) is 25.5 Å². The van der Waals surface area contributed by atoms with Crippen molar-refractivity contribution in [2.75, 3.05) is 26.8 Å². The highest BCUT2D eigenvalue weighted by Gasteiger charge is 2.38. The molecule has 0 unspecified atom stereocenters. The van der Waals surface area contributed by atoms with Crippen molar-refractivity contribution in [3.05, 3.63) is 18.0 Å². The molecule has 21 heavy (non-hydrogen) atoms. The van der Waals surface area contributed by atoms with Crippen molar-refractivity contribution in [2.24, 2.45) is 7.05 Å². The van der Waals surface area contributed by atoms with Gasteiger partial charge in [0.2, 0.25) is 10.0 Å². The highest BCUT2D eigenvalue weighted by Crippen LogP contribution is 2.32. The van der Waals surface area contributed by atoms with E-state index < -0.39 is 10.0 Å². The van der Waals surface area contributed by atoms with E-state index in [1.807, 2.05) is 18.5 Å². The van der Waals surface area contributed by atoms with E-state index in [1.54, 1.807) is 23.7 Å². The van der Waals surface area contributed by atoms with Crippen LogP contribution in [0.5, 0.6) is 0 Å². The van der Waals surface area contributed by atoms with Crippen LogP contribution in [0.1, 0.15) is 25.5 Å². The molecule has 0 aliphatic heterocycles. The summed E-state index contributed by atoms with van der Waals surface area (Å²) in [5.41, 5.74) is 0.970. The Morgan fingerprint density at radius 3 is 2.76 bits per heavy atom. The first kappa shape index (κ1) is 16.5. The fourth-order valence-electron chi connectivity index (χ4n) is 2.33. The highest BCUT2D eigenvalue weighted by atomic mass is 32.2. The lowest BCUT2D eigenvalue weighted by Gasteiger charge is -2.20. The van der Waals surface area contributed by atoms with Crippen LogP contribution in [0, 0.1) is 0 Å². The van der Waals surface area contributed by atoms with Gasteiger partial charge in [0.1, 0.15) is 4.90 Å². The maximum absolute atomic E-state index is 12.8. The molecule has 1 heterocycles. The van der Waals surface area contributed by atoms with E-state index in [2.05, 4.69) is 5.32 Å². The maximum Gasteiger partial charge on any atom is 0.244 e. The number of aryl methyl sites for hydroxylation is 1. The van der Waals surface area contributed by atoms with E-state index in [-0.39, 0.29) is 6.04 Å². The average Bonchev–Trinajstić information content (AvgIpc) is 3.20. The summed E-state index contributed by atoms with van der Waals surface area (Å²) in [5.74, 6) is 0. The van der Waals surface area contributed by atoms with Crippen LogP contribution >= 0.6 is 0 Å². The summed E-state index contributed by atoms with van der Waals surface area (Å²) in [6, 6.07) is 1.91.